The van der Waals surface area contributed by atoms with Crippen LogP contribution in [0.4, 0.5) is 0 Å². The minimum atomic E-state index is -3.66. The highest BCUT2D eigenvalue weighted by Crippen LogP contribution is 2.13. The van der Waals surface area contributed by atoms with Crippen LogP contribution in [0.2, 0.25) is 0 Å². The molecule has 0 aliphatic rings. The molecule has 2 N–H and O–H groups in total. The Morgan fingerprint density at radius 3 is 2.19 bits per heavy atom. The molecule has 1 amide bonds. The molecule has 0 aliphatic carbocycles. The molecule has 170 valence electrons. The van der Waals surface area contributed by atoms with Crippen molar-refractivity contribution >= 4 is 37.1 Å². The van der Waals surface area contributed by atoms with Crippen molar-refractivity contribution in [2.24, 2.45) is 0 Å². The summed E-state index contributed by atoms with van der Waals surface area (Å²) in [5, 5.41) is 4.60. The van der Waals surface area contributed by atoms with Gasteiger partial charge in [-0.1, -0.05) is 24.3 Å². The maximum atomic E-state index is 12.4. The molecule has 0 spiro atoms. The highest BCUT2D eigenvalue weighted by Gasteiger charge is 2.16. The van der Waals surface area contributed by atoms with E-state index in [1.54, 1.807) is 41.7 Å². The fraction of sp³-hybridized carbons (Fsp3) is 0.227. The summed E-state index contributed by atoms with van der Waals surface area (Å²) < 4.78 is 51.8. The summed E-state index contributed by atoms with van der Waals surface area (Å²) in [6, 6.07) is 17.6. The van der Waals surface area contributed by atoms with E-state index in [1.165, 1.54) is 24.3 Å². The van der Waals surface area contributed by atoms with Gasteiger partial charge in [-0.2, -0.15) is 0 Å². The summed E-state index contributed by atoms with van der Waals surface area (Å²) in [7, 11) is -7.05. The van der Waals surface area contributed by atoms with E-state index in [4.69, 9.17) is 0 Å². The quantitative estimate of drug-likeness (QED) is 0.400. The minimum Gasteiger partial charge on any atom is -0.352 e. The van der Waals surface area contributed by atoms with Crippen LogP contribution in [0, 0.1) is 0 Å². The Kier molecular flexibility index (Phi) is 8.19. The number of amides is 1. The molecule has 3 rings (SSSR count). The van der Waals surface area contributed by atoms with Gasteiger partial charge in [0.15, 0.2) is 9.84 Å². The molecule has 0 atom stereocenters. The highest BCUT2D eigenvalue weighted by atomic mass is 32.2. The summed E-state index contributed by atoms with van der Waals surface area (Å²) in [4.78, 5) is 13.7. The van der Waals surface area contributed by atoms with E-state index in [-0.39, 0.29) is 35.1 Å². The fourth-order valence-electron chi connectivity index (χ4n) is 2.94. The summed E-state index contributed by atoms with van der Waals surface area (Å²) in [6.07, 6.45) is 0.876. The first-order valence-corrected chi connectivity index (χ1v) is 14.0. The number of sulfonamides is 1. The average molecular weight is 493 g/mol. The number of thiophene rings is 1. The Morgan fingerprint density at radius 2 is 1.53 bits per heavy atom. The molecule has 3 aromatic rings. The minimum absolute atomic E-state index is 0.0778. The van der Waals surface area contributed by atoms with Crippen molar-refractivity contribution in [2.45, 2.75) is 22.6 Å². The second kappa shape index (κ2) is 10.9. The lowest BCUT2D eigenvalue weighted by Crippen LogP contribution is -2.27. The second-order valence-corrected chi connectivity index (χ2v) is 11.9. The molecule has 0 bridgehead atoms. The van der Waals surface area contributed by atoms with Gasteiger partial charge < -0.3 is 5.32 Å². The molecular formula is C22H24N2O5S3. The zero-order valence-corrected chi connectivity index (χ0v) is 19.7. The predicted molar refractivity (Wildman–Crippen MR) is 125 cm³/mol. The van der Waals surface area contributed by atoms with Gasteiger partial charge in [0.2, 0.25) is 10.0 Å². The zero-order chi connectivity index (χ0) is 23.0. The molecule has 0 radical (unpaired) electrons. The van der Waals surface area contributed by atoms with Crippen molar-refractivity contribution in [1.82, 2.24) is 10.0 Å². The van der Waals surface area contributed by atoms with Gasteiger partial charge in [-0.3, -0.25) is 4.79 Å². The zero-order valence-electron chi connectivity index (χ0n) is 17.2. The van der Waals surface area contributed by atoms with Crippen LogP contribution in [0.1, 0.15) is 21.7 Å². The van der Waals surface area contributed by atoms with Crippen molar-refractivity contribution in [2.75, 3.05) is 18.8 Å². The maximum absolute atomic E-state index is 12.4. The number of sulfone groups is 1. The number of hydrogen-bond donors (Lipinski definition) is 2. The smallest absolute Gasteiger partial charge is 0.251 e. The van der Waals surface area contributed by atoms with E-state index in [9.17, 15) is 21.6 Å². The number of carbonyl (C=O) groups is 1. The van der Waals surface area contributed by atoms with Crippen molar-refractivity contribution in [3.63, 3.8) is 0 Å². The van der Waals surface area contributed by atoms with Crippen LogP contribution in [0.25, 0.3) is 0 Å². The Bertz CT molecular complexity index is 1220. The Balaban J connectivity index is 1.47. The van der Waals surface area contributed by atoms with Crippen molar-refractivity contribution in [3.05, 3.63) is 82.6 Å². The Labute approximate surface area is 192 Å². The van der Waals surface area contributed by atoms with E-state index >= 15 is 0 Å². The van der Waals surface area contributed by atoms with Crippen molar-refractivity contribution in [1.29, 1.82) is 0 Å². The number of hydrogen-bond acceptors (Lipinski definition) is 6. The molecule has 0 saturated carbocycles. The Morgan fingerprint density at radius 1 is 0.812 bits per heavy atom. The first kappa shape index (κ1) is 24.1. The largest absolute Gasteiger partial charge is 0.352 e. The van der Waals surface area contributed by atoms with Crippen LogP contribution in [-0.2, 0) is 26.3 Å². The molecular weight excluding hydrogens is 468 g/mol. The van der Waals surface area contributed by atoms with Crippen molar-refractivity contribution < 1.29 is 21.6 Å². The Hall–Kier alpha value is -2.53. The second-order valence-electron chi connectivity index (χ2n) is 6.99. The molecule has 32 heavy (non-hydrogen) atoms. The normalized spacial score (nSPS) is 11.9. The molecule has 10 heteroatoms. The molecule has 0 unspecified atom stereocenters. The van der Waals surface area contributed by atoms with Gasteiger partial charge in [-0.05, 0) is 60.7 Å². The topological polar surface area (TPSA) is 109 Å². The lowest BCUT2D eigenvalue weighted by Gasteiger charge is -2.08. The molecule has 0 fully saturated rings. The van der Waals surface area contributed by atoms with Gasteiger partial charge in [0.1, 0.15) is 0 Å². The van der Waals surface area contributed by atoms with Gasteiger partial charge in [0, 0.05) is 23.5 Å². The number of rotatable bonds is 11. The van der Waals surface area contributed by atoms with E-state index < -0.39 is 25.8 Å². The van der Waals surface area contributed by atoms with Crippen LogP contribution in [0.3, 0.4) is 0 Å². The van der Waals surface area contributed by atoms with E-state index in [2.05, 4.69) is 10.0 Å². The lowest BCUT2D eigenvalue weighted by atomic mass is 10.2. The molecule has 0 saturated heterocycles. The van der Waals surface area contributed by atoms with Crippen LogP contribution in [0.5, 0.6) is 0 Å². The van der Waals surface area contributed by atoms with Gasteiger partial charge in [-0.15, -0.1) is 11.3 Å². The first-order valence-electron chi connectivity index (χ1n) is 9.96. The number of nitrogens with one attached hydrogen (secondary N) is 2. The summed E-state index contributed by atoms with van der Waals surface area (Å²) >= 11 is 1.57. The van der Waals surface area contributed by atoms with Crippen LogP contribution in [0.15, 0.2) is 81.9 Å². The summed E-state index contributed by atoms with van der Waals surface area (Å²) in [5.74, 6) is -0.470. The van der Waals surface area contributed by atoms with Gasteiger partial charge in [-0.25, -0.2) is 21.6 Å². The summed E-state index contributed by atoms with van der Waals surface area (Å²) in [6.45, 7) is 0.478. The standard InChI is InChI=1S/C22H24N2O5S3/c25-22(23-14-5-17-31(26,27)20-7-2-1-3-8-20)18-9-11-21(12-10-18)32(28,29)24-15-13-19-6-4-16-30-19/h1-4,6-12,16,24H,5,13-15,17H2,(H,23,25). The van der Waals surface area contributed by atoms with Gasteiger partial charge in [0.25, 0.3) is 5.91 Å². The van der Waals surface area contributed by atoms with Crippen molar-refractivity contribution in [3.8, 4) is 0 Å². The molecule has 0 aliphatic heterocycles. The molecule has 1 heterocycles. The molecule has 7 nitrogen and oxygen atoms in total. The molecule has 2 aromatic carbocycles. The number of carbonyl (C=O) groups excluding carboxylic acids is 1. The molecule has 1 aromatic heterocycles. The van der Waals surface area contributed by atoms with Gasteiger partial charge in [0.05, 0.1) is 15.5 Å². The van der Waals surface area contributed by atoms with Crippen LogP contribution < -0.4 is 10.0 Å². The van der Waals surface area contributed by atoms with Gasteiger partial charge >= 0.3 is 0 Å². The van der Waals surface area contributed by atoms with Crippen LogP contribution >= 0.6 is 11.3 Å². The fourth-order valence-corrected chi connectivity index (χ4v) is 6.02. The number of benzene rings is 2. The lowest BCUT2D eigenvalue weighted by molar-refractivity contribution is 0.0953. The summed E-state index contributed by atoms with van der Waals surface area (Å²) in [5.41, 5.74) is 0.299. The van der Waals surface area contributed by atoms with Crippen LogP contribution in [-0.4, -0.2) is 41.6 Å². The van der Waals surface area contributed by atoms with E-state index in [1.807, 2.05) is 17.5 Å². The van der Waals surface area contributed by atoms with E-state index in [0.29, 0.717) is 12.0 Å². The maximum Gasteiger partial charge on any atom is 0.251 e. The monoisotopic (exact) mass is 492 g/mol. The average Bonchev–Trinajstić information content (AvgIpc) is 3.31. The highest BCUT2D eigenvalue weighted by molar-refractivity contribution is 7.91. The van der Waals surface area contributed by atoms with E-state index in [0.717, 1.165) is 4.88 Å². The SMILES string of the molecule is O=C(NCCCS(=O)(=O)c1ccccc1)c1ccc(S(=O)(=O)NCCc2cccs2)cc1. The third-order valence-corrected chi connectivity index (χ3v) is 8.88. The third kappa shape index (κ3) is 6.73. The predicted octanol–water partition coefficient (Wildman–Crippen LogP) is 2.86. The third-order valence-electron chi connectivity index (χ3n) is 4.65. The first-order chi connectivity index (χ1) is 15.3.